The number of amides is 2. The van der Waals surface area contributed by atoms with E-state index in [0.717, 1.165) is 43.6 Å². The Morgan fingerprint density at radius 2 is 1.78 bits per heavy atom. The number of hydrogen-bond donors (Lipinski definition) is 1. The highest BCUT2D eigenvalue weighted by molar-refractivity contribution is 6.39. The van der Waals surface area contributed by atoms with Crippen LogP contribution in [0.25, 0.3) is 0 Å². The zero-order valence-corrected chi connectivity index (χ0v) is 14.4. The number of nitrogens with one attached hydrogen (secondary N) is 1. The fraction of sp³-hybridized carbons (Fsp3) is 0.556. The molecule has 1 fully saturated rings. The van der Waals surface area contributed by atoms with Crippen LogP contribution in [0.15, 0.2) is 18.2 Å². The van der Waals surface area contributed by atoms with E-state index in [0.29, 0.717) is 18.8 Å². The molecule has 1 aliphatic rings. The first-order valence-electron chi connectivity index (χ1n) is 8.52. The summed E-state index contributed by atoms with van der Waals surface area (Å²) in [6.45, 7) is 9.44. The van der Waals surface area contributed by atoms with Gasteiger partial charge >= 0.3 is 11.8 Å². The van der Waals surface area contributed by atoms with Gasteiger partial charge in [0.25, 0.3) is 0 Å². The molecule has 2 rings (SSSR count). The van der Waals surface area contributed by atoms with Crippen molar-refractivity contribution < 1.29 is 9.59 Å². The van der Waals surface area contributed by atoms with Gasteiger partial charge in [-0.05, 0) is 63.8 Å². The topological polar surface area (TPSA) is 52.7 Å². The third kappa shape index (κ3) is 4.24. The van der Waals surface area contributed by atoms with Crippen LogP contribution in [0, 0.1) is 6.92 Å². The van der Waals surface area contributed by atoms with Gasteiger partial charge in [0.2, 0.25) is 0 Å². The monoisotopic (exact) mass is 317 g/mol. The van der Waals surface area contributed by atoms with Crippen molar-refractivity contribution in [1.82, 2.24) is 4.90 Å². The van der Waals surface area contributed by atoms with Crippen LogP contribution in [-0.2, 0) is 9.59 Å². The highest BCUT2D eigenvalue weighted by Crippen LogP contribution is 2.23. The van der Waals surface area contributed by atoms with E-state index in [1.54, 1.807) is 4.90 Å². The molecule has 0 saturated carbocycles. The molecule has 1 heterocycles. The fourth-order valence-electron chi connectivity index (χ4n) is 2.99. The Morgan fingerprint density at radius 1 is 1.13 bits per heavy atom. The van der Waals surface area contributed by atoms with Gasteiger partial charge in [0.1, 0.15) is 0 Å². The van der Waals surface area contributed by atoms with E-state index in [2.05, 4.69) is 24.1 Å². The van der Waals surface area contributed by atoms with Crippen molar-refractivity contribution in [2.24, 2.45) is 0 Å². The minimum absolute atomic E-state index is 0.420. The van der Waals surface area contributed by atoms with Crippen LogP contribution in [0.1, 0.15) is 38.7 Å². The van der Waals surface area contributed by atoms with Gasteiger partial charge < -0.3 is 15.1 Å². The SMILES string of the molecule is CCN(CC)c1ccc(NC(=O)C(=O)N2CCCCC2)c(C)c1. The molecule has 2 amide bonds. The van der Waals surface area contributed by atoms with Gasteiger partial charge in [-0.2, -0.15) is 0 Å². The number of piperidine rings is 1. The normalized spacial score (nSPS) is 14.5. The van der Waals surface area contributed by atoms with Gasteiger partial charge in [0.05, 0.1) is 0 Å². The van der Waals surface area contributed by atoms with E-state index in [1.165, 1.54) is 0 Å². The molecule has 5 nitrogen and oxygen atoms in total. The minimum atomic E-state index is -0.536. The predicted octanol–water partition coefficient (Wildman–Crippen LogP) is 2.79. The second kappa shape index (κ2) is 7.99. The third-order valence-electron chi connectivity index (χ3n) is 4.42. The van der Waals surface area contributed by atoms with Crippen LogP contribution in [0.3, 0.4) is 0 Å². The van der Waals surface area contributed by atoms with Crippen molar-refractivity contribution in [3.05, 3.63) is 23.8 Å². The maximum absolute atomic E-state index is 12.2. The van der Waals surface area contributed by atoms with E-state index < -0.39 is 11.8 Å². The summed E-state index contributed by atoms with van der Waals surface area (Å²) in [5.41, 5.74) is 2.80. The van der Waals surface area contributed by atoms with Gasteiger partial charge in [-0.3, -0.25) is 9.59 Å². The van der Waals surface area contributed by atoms with Gasteiger partial charge in [0.15, 0.2) is 0 Å². The molecule has 1 aliphatic heterocycles. The molecule has 0 spiro atoms. The summed E-state index contributed by atoms with van der Waals surface area (Å²) in [7, 11) is 0. The summed E-state index contributed by atoms with van der Waals surface area (Å²) in [6.07, 6.45) is 3.10. The number of nitrogens with zero attached hydrogens (tertiary/aromatic N) is 2. The molecule has 5 heteroatoms. The average Bonchev–Trinajstić information content (AvgIpc) is 2.58. The van der Waals surface area contributed by atoms with E-state index in [1.807, 2.05) is 25.1 Å². The molecule has 0 radical (unpaired) electrons. The van der Waals surface area contributed by atoms with Crippen molar-refractivity contribution >= 4 is 23.2 Å². The fourth-order valence-corrected chi connectivity index (χ4v) is 2.99. The smallest absolute Gasteiger partial charge is 0.313 e. The number of likely N-dealkylation sites (tertiary alicyclic amines) is 1. The van der Waals surface area contributed by atoms with Crippen LogP contribution in [0.5, 0.6) is 0 Å². The first-order chi connectivity index (χ1) is 11.1. The van der Waals surface area contributed by atoms with Crippen LogP contribution in [0.4, 0.5) is 11.4 Å². The Bertz CT molecular complexity index is 561. The molecule has 0 unspecified atom stereocenters. The lowest BCUT2D eigenvalue weighted by Gasteiger charge is -2.26. The Kier molecular flexibility index (Phi) is 6.02. The minimum Gasteiger partial charge on any atom is -0.372 e. The summed E-state index contributed by atoms with van der Waals surface area (Å²) >= 11 is 0. The molecule has 1 aromatic rings. The summed E-state index contributed by atoms with van der Waals surface area (Å²) in [4.78, 5) is 28.3. The molecule has 1 saturated heterocycles. The first kappa shape index (κ1) is 17.3. The number of carbonyl (C=O) groups excluding carboxylic acids is 2. The Labute approximate surface area is 138 Å². The molecule has 1 aromatic carbocycles. The lowest BCUT2D eigenvalue weighted by molar-refractivity contribution is -0.143. The molecule has 0 atom stereocenters. The highest BCUT2D eigenvalue weighted by atomic mass is 16.2. The van der Waals surface area contributed by atoms with Gasteiger partial charge in [-0.1, -0.05) is 0 Å². The van der Waals surface area contributed by atoms with Crippen molar-refractivity contribution in [2.45, 2.75) is 40.0 Å². The zero-order valence-electron chi connectivity index (χ0n) is 14.4. The summed E-state index contributed by atoms with van der Waals surface area (Å²) in [5, 5.41) is 2.76. The second-order valence-electron chi connectivity index (χ2n) is 5.98. The average molecular weight is 317 g/mol. The maximum atomic E-state index is 12.2. The number of aryl methyl sites for hydroxylation is 1. The molecule has 0 aromatic heterocycles. The van der Waals surface area contributed by atoms with Crippen LogP contribution >= 0.6 is 0 Å². The van der Waals surface area contributed by atoms with E-state index in [-0.39, 0.29) is 0 Å². The summed E-state index contributed by atoms with van der Waals surface area (Å²) in [6, 6.07) is 5.92. The molecule has 0 bridgehead atoms. The second-order valence-corrected chi connectivity index (χ2v) is 5.98. The molecule has 0 aliphatic carbocycles. The van der Waals surface area contributed by atoms with Crippen molar-refractivity contribution in [1.29, 1.82) is 0 Å². The molecular weight excluding hydrogens is 290 g/mol. The maximum Gasteiger partial charge on any atom is 0.313 e. The Balaban J connectivity index is 2.04. The number of hydrogen-bond acceptors (Lipinski definition) is 3. The van der Waals surface area contributed by atoms with Crippen LogP contribution < -0.4 is 10.2 Å². The van der Waals surface area contributed by atoms with E-state index in [9.17, 15) is 9.59 Å². The van der Waals surface area contributed by atoms with Crippen LogP contribution in [-0.4, -0.2) is 42.9 Å². The third-order valence-corrected chi connectivity index (χ3v) is 4.42. The lowest BCUT2D eigenvalue weighted by atomic mass is 10.1. The first-order valence-corrected chi connectivity index (χ1v) is 8.52. The van der Waals surface area contributed by atoms with E-state index >= 15 is 0 Å². The van der Waals surface area contributed by atoms with Crippen molar-refractivity contribution in [2.75, 3.05) is 36.4 Å². The number of rotatable bonds is 4. The standard InChI is InChI=1S/C18H27N3O2/c1-4-20(5-2)15-9-10-16(14(3)13-15)19-17(22)18(23)21-11-7-6-8-12-21/h9-10,13H,4-8,11-12H2,1-3H3,(H,19,22). The van der Waals surface area contributed by atoms with Crippen LogP contribution in [0.2, 0.25) is 0 Å². The number of carbonyl (C=O) groups is 2. The molecule has 126 valence electrons. The largest absolute Gasteiger partial charge is 0.372 e. The Hall–Kier alpha value is -2.04. The Morgan fingerprint density at radius 3 is 2.35 bits per heavy atom. The number of benzene rings is 1. The van der Waals surface area contributed by atoms with Gasteiger partial charge in [0, 0.05) is 37.6 Å². The predicted molar refractivity (Wildman–Crippen MR) is 93.8 cm³/mol. The van der Waals surface area contributed by atoms with Crippen molar-refractivity contribution in [3.8, 4) is 0 Å². The van der Waals surface area contributed by atoms with Crippen molar-refractivity contribution in [3.63, 3.8) is 0 Å². The highest BCUT2D eigenvalue weighted by Gasteiger charge is 2.23. The zero-order chi connectivity index (χ0) is 16.8. The van der Waals surface area contributed by atoms with E-state index in [4.69, 9.17) is 0 Å². The summed E-state index contributed by atoms with van der Waals surface area (Å²) < 4.78 is 0. The lowest BCUT2D eigenvalue weighted by Crippen LogP contribution is -2.42. The molecule has 1 N–H and O–H groups in total. The summed E-state index contributed by atoms with van der Waals surface area (Å²) in [5.74, 6) is -0.956. The van der Waals surface area contributed by atoms with Gasteiger partial charge in [-0.15, -0.1) is 0 Å². The van der Waals surface area contributed by atoms with Gasteiger partial charge in [-0.25, -0.2) is 0 Å². The number of anilines is 2. The quantitative estimate of drug-likeness (QED) is 0.869. The molecule has 23 heavy (non-hydrogen) atoms. The molecular formula is C18H27N3O2.